The van der Waals surface area contributed by atoms with E-state index >= 15 is 0 Å². The maximum absolute atomic E-state index is 11.2. The highest BCUT2D eigenvalue weighted by Crippen LogP contribution is 2.40. The van der Waals surface area contributed by atoms with E-state index in [0.717, 1.165) is 12.8 Å². The number of anilines is 1. The number of nitrogens with two attached hydrogens (primary N) is 1. The van der Waals surface area contributed by atoms with Crippen molar-refractivity contribution in [2.24, 2.45) is 5.14 Å². The summed E-state index contributed by atoms with van der Waals surface area (Å²) in [4.78, 5) is 13.1. The Kier molecular flexibility index (Phi) is 5.34. The van der Waals surface area contributed by atoms with Gasteiger partial charge >= 0.3 is 0 Å². The number of hydrogen-bond donors (Lipinski definition) is 5. The molecule has 0 bridgehead atoms. The molecule has 0 saturated carbocycles. The van der Waals surface area contributed by atoms with Gasteiger partial charge in [0.25, 0.3) is 10.2 Å². The largest absolute Gasteiger partial charge is 0.387 e. The van der Waals surface area contributed by atoms with Gasteiger partial charge in [0, 0.05) is 6.54 Å². The van der Waals surface area contributed by atoms with Crippen LogP contribution in [-0.4, -0.2) is 62.5 Å². The molecule has 1 saturated heterocycles. The molecule has 176 valence electrons. The third kappa shape index (κ3) is 3.96. The summed E-state index contributed by atoms with van der Waals surface area (Å²) in [5, 5.41) is 29.9. The van der Waals surface area contributed by atoms with E-state index in [1.807, 2.05) is 12.1 Å². The Morgan fingerprint density at radius 3 is 2.88 bits per heavy atom. The zero-order chi connectivity index (χ0) is 23.4. The van der Waals surface area contributed by atoms with Gasteiger partial charge in [0.15, 0.2) is 23.2 Å². The molecule has 0 amide bonds. The van der Waals surface area contributed by atoms with Gasteiger partial charge in [0.05, 0.1) is 12.4 Å². The molecule has 0 spiro atoms. The predicted octanol–water partition coefficient (Wildman–Crippen LogP) is -0.272. The maximum atomic E-state index is 11.2. The summed E-state index contributed by atoms with van der Waals surface area (Å²) in [5.41, 5.74) is 1.66. The minimum Gasteiger partial charge on any atom is -0.387 e. The van der Waals surface area contributed by atoms with Gasteiger partial charge in [-0.2, -0.15) is 13.1 Å². The zero-order valence-electron chi connectivity index (χ0n) is 17.8. The molecule has 6 N–H and O–H groups in total. The molecule has 33 heavy (non-hydrogen) atoms. The lowest BCUT2D eigenvalue weighted by molar-refractivity contribution is -0.0938. The van der Waals surface area contributed by atoms with Crippen LogP contribution in [0.4, 0.5) is 5.82 Å². The van der Waals surface area contributed by atoms with Crippen LogP contribution in [0.2, 0.25) is 0 Å². The minimum absolute atomic E-state index is 0.0887. The number of ether oxygens (including phenoxy) is 1. The number of rotatable bonds is 6. The number of aliphatic hydroxyl groups is 2. The molecule has 3 aromatic rings. The average Bonchev–Trinajstić information content (AvgIpc) is 3.43. The van der Waals surface area contributed by atoms with Crippen molar-refractivity contribution in [2.45, 2.75) is 49.8 Å². The van der Waals surface area contributed by atoms with Crippen LogP contribution in [0.25, 0.3) is 11.2 Å². The molecule has 12 nitrogen and oxygen atoms in total. The summed E-state index contributed by atoms with van der Waals surface area (Å²) in [6.45, 7) is 1.10. The standard InChI is InChI=1S/C20H25N7O5S/c1-20(29)16(28)14(8-25-33(21,30)31)32-19(20)27-10-24-15-17(22-9-23-18(15)27)26-13-7-6-11-4-2-3-5-12(11)13/h2-5,9-10,13-14,16,19,25,28-29H,6-8H2,1H3,(H2,21,30,31)(H,22,23,26)/t13?,14-,16-,19-,20-/m1/s1. The second-order valence-electron chi connectivity index (χ2n) is 8.57. The van der Waals surface area contributed by atoms with Crippen molar-refractivity contribution in [2.75, 3.05) is 11.9 Å². The Morgan fingerprint density at radius 1 is 1.30 bits per heavy atom. The minimum atomic E-state index is -3.99. The normalized spacial score (nSPS) is 29.5. The molecule has 5 rings (SSSR count). The van der Waals surface area contributed by atoms with Crippen LogP contribution in [0.3, 0.4) is 0 Å². The van der Waals surface area contributed by atoms with E-state index in [-0.39, 0.29) is 12.6 Å². The Morgan fingerprint density at radius 2 is 2.09 bits per heavy atom. The van der Waals surface area contributed by atoms with Gasteiger partial charge < -0.3 is 20.3 Å². The molecule has 2 aliphatic rings. The molecule has 1 aliphatic heterocycles. The molecule has 1 aliphatic carbocycles. The first-order valence-electron chi connectivity index (χ1n) is 10.5. The zero-order valence-corrected chi connectivity index (χ0v) is 18.6. The van der Waals surface area contributed by atoms with Crippen LogP contribution < -0.4 is 15.2 Å². The van der Waals surface area contributed by atoms with Crippen LogP contribution in [-0.2, 0) is 21.4 Å². The highest BCUT2D eigenvalue weighted by atomic mass is 32.2. The molecule has 2 aromatic heterocycles. The quantitative estimate of drug-likeness (QED) is 0.321. The van der Waals surface area contributed by atoms with Crippen LogP contribution in [0.5, 0.6) is 0 Å². The van der Waals surface area contributed by atoms with E-state index in [1.54, 1.807) is 0 Å². The Balaban J connectivity index is 1.43. The number of aromatic nitrogens is 4. The molecular weight excluding hydrogens is 450 g/mol. The molecule has 5 atom stereocenters. The fourth-order valence-corrected chi connectivity index (χ4v) is 5.00. The van der Waals surface area contributed by atoms with Gasteiger partial charge in [0.2, 0.25) is 0 Å². The first kappa shape index (κ1) is 22.1. The first-order valence-corrected chi connectivity index (χ1v) is 12.0. The van der Waals surface area contributed by atoms with Crippen molar-refractivity contribution < 1.29 is 23.4 Å². The number of aryl methyl sites for hydroxylation is 1. The molecule has 1 fully saturated rings. The number of benzene rings is 1. The number of imidazole rings is 1. The number of aliphatic hydroxyl groups excluding tert-OH is 1. The third-order valence-electron chi connectivity index (χ3n) is 6.30. The van der Waals surface area contributed by atoms with E-state index in [2.05, 4.69) is 37.1 Å². The maximum Gasteiger partial charge on any atom is 0.274 e. The van der Waals surface area contributed by atoms with Gasteiger partial charge in [-0.05, 0) is 30.9 Å². The van der Waals surface area contributed by atoms with Crippen molar-refractivity contribution in [3.05, 3.63) is 48.0 Å². The Bertz CT molecular complexity index is 1290. The number of nitrogens with one attached hydrogen (secondary N) is 2. The van der Waals surface area contributed by atoms with Crippen LogP contribution in [0, 0.1) is 0 Å². The second kappa shape index (κ2) is 7.97. The Labute approximate surface area is 190 Å². The van der Waals surface area contributed by atoms with Crippen molar-refractivity contribution >= 4 is 27.2 Å². The lowest BCUT2D eigenvalue weighted by Gasteiger charge is -2.27. The number of hydrogen-bond acceptors (Lipinski definition) is 9. The fourth-order valence-electron chi connectivity index (χ4n) is 4.61. The van der Waals surface area contributed by atoms with Crippen LogP contribution in [0.1, 0.15) is 36.7 Å². The summed E-state index contributed by atoms with van der Waals surface area (Å²) in [6.07, 6.45) is 1.26. The van der Waals surface area contributed by atoms with Gasteiger partial charge in [0.1, 0.15) is 24.1 Å². The predicted molar refractivity (Wildman–Crippen MR) is 118 cm³/mol. The van der Waals surface area contributed by atoms with E-state index in [0.29, 0.717) is 17.0 Å². The van der Waals surface area contributed by atoms with Gasteiger partial charge in [-0.15, -0.1) is 0 Å². The van der Waals surface area contributed by atoms with Crippen molar-refractivity contribution in [3.8, 4) is 0 Å². The second-order valence-corrected chi connectivity index (χ2v) is 9.95. The third-order valence-corrected chi connectivity index (χ3v) is 6.86. The molecule has 1 aromatic carbocycles. The monoisotopic (exact) mass is 475 g/mol. The molecule has 13 heteroatoms. The number of fused-ring (bicyclic) bond motifs is 2. The number of nitrogens with zero attached hydrogens (tertiary/aromatic N) is 4. The molecular formula is C20H25N7O5S. The highest BCUT2D eigenvalue weighted by molar-refractivity contribution is 7.87. The molecule has 1 unspecified atom stereocenters. The van der Waals surface area contributed by atoms with Crippen molar-refractivity contribution in [3.63, 3.8) is 0 Å². The van der Waals surface area contributed by atoms with Crippen LogP contribution >= 0.6 is 0 Å². The lowest BCUT2D eigenvalue weighted by atomic mass is 9.96. The van der Waals surface area contributed by atoms with E-state index < -0.39 is 34.2 Å². The van der Waals surface area contributed by atoms with E-state index in [1.165, 1.54) is 35.3 Å². The summed E-state index contributed by atoms with van der Waals surface area (Å²) in [6, 6.07) is 8.34. The highest BCUT2D eigenvalue weighted by Gasteiger charge is 2.53. The molecule has 0 radical (unpaired) electrons. The van der Waals surface area contributed by atoms with Gasteiger partial charge in [-0.1, -0.05) is 24.3 Å². The van der Waals surface area contributed by atoms with E-state index in [9.17, 15) is 18.6 Å². The Hall–Kier alpha value is -2.68. The topological polar surface area (TPSA) is 178 Å². The van der Waals surface area contributed by atoms with Crippen molar-refractivity contribution in [1.29, 1.82) is 0 Å². The molecule has 3 heterocycles. The van der Waals surface area contributed by atoms with Crippen LogP contribution in [0.15, 0.2) is 36.9 Å². The lowest BCUT2D eigenvalue weighted by Crippen LogP contribution is -2.47. The summed E-state index contributed by atoms with van der Waals surface area (Å²) in [5.74, 6) is 0.547. The van der Waals surface area contributed by atoms with Crippen molar-refractivity contribution in [1.82, 2.24) is 24.2 Å². The first-order chi connectivity index (χ1) is 15.6. The smallest absolute Gasteiger partial charge is 0.274 e. The van der Waals surface area contributed by atoms with E-state index in [4.69, 9.17) is 9.88 Å². The summed E-state index contributed by atoms with van der Waals surface area (Å²) in [7, 11) is -3.99. The SMILES string of the molecule is C[C@@]1(O)[C@H](O)[C@@H](CNS(N)(=O)=O)O[C@H]1n1cnc2c(NC3CCc4ccccc43)ncnc21. The van der Waals surface area contributed by atoms with Gasteiger partial charge in [-0.25, -0.2) is 20.1 Å². The fraction of sp³-hybridized carbons (Fsp3) is 0.450. The summed E-state index contributed by atoms with van der Waals surface area (Å²) >= 11 is 0. The van der Waals surface area contributed by atoms with Gasteiger partial charge in [-0.3, -0.25) is 4.57 Å². The summed E-state index contributed by atoms with van der Waals surface area (Å²) < 4.78 is 31.9. The average molecular weight is 476 g/mol.